The Bertz CT molecular complexity index is 701. The van der Waals surface area contributed by atoms with Gasteiger partial charge >= 0.3 is 0 Å². The Balaban J connectivity index is 1.64. The number of rotatable bonds is 7. The fourth-order valence-corrected chi connectivity index (χ4v) is 4.27. The maximum atomic E-state index is 12.7. The van der Waals surface area contributed by atoms with Gasteiger partial charge in [-0.25, -0.2) is 0 Å². The zero-order valence-electron chi connectivity index (χ0n) is 17.5. The number of amides is 2. The van der Waals surface area contributed by atoms with Gasteiger partial charge in [0.15, 0.2) is 11.5 Å². The zero-order valence-corrected chi connectivity index (χ0v) is 17.5. The van der Waals surface area contributed by atoms with Crippen LogP contribution in [0.4, 0.5) is 0 Å². The molecule has 2 N–H and O–H groups in total. The van der Waals surface area contributed by atoms with Crippen molar-refractivity contribution >= 4 is 11.8 Å². The van der Waals surface area contributed by atoms with Gasteiger partial charge in [-0.2, -0.15) is 0 Å². The molecule has 1 aliphatic carbocycles. The molecule has 29 heavy (non-hydrogen) atoms. The van der Waals surface area contributed by atoms with E-state index in [1.807, 2.05) is 18.2 Å². The van der Waals surface area contributed by atoms with E-state index in [0.717, 1.165) is 18.4 Å². The molecule has 3 rings (SSSR count). The summed E-state index contributed by atoms with van der Waals surface area (Å²) in [6.45, 7) is 1.88. The number of carbonyl (C=O) groups excluding carboxylic acids is 2. The fourth-order valence-electron chi connectivity index (χ4n) is 4.27. The monoisotopic (exact) mass is 403 g/mol. The molecule has 1 atom stereocenters. The molecule has 1 saturated carbocycles. The average Bonchev–Trinajstić information content (AvgIpc) is 2.99. The van der Waals surface area contributed by atoms with E-state index in [1.54, 1.807) is 14.2 Å². The van der Waals surface area contributed by atoms with Gasteiger partial charge in [0.1, 0.15) is 0 Å². The molecule has 2 fully saturated rings. The fraction of sp³-hybridized carbons (Fsp3) is 0.636. The second-order valence-corrected chi connectivity index (χ2v) is 7.93. The molecular weight excluding hydrogens is 370 g/mol. The molecule has 1 saturated heterocycles. The lowest BCUT2D eigenvalue weighted by Gasteiger charge is -2.35. The van der Waals surface area contributed by atoms with Gasteiger partial charge in [-0.05, 0) is 30.5 Å². The highest BCUT2D eigenvalue weighted by Crippen LogP contribution is 2.28. The summed E-state index contributed by atoms with van der Waals surface area (Å²) in [4.78, 5) is 27.3. The molecule has 2 amide bonds. The van der Waals surface area contributed by atoms with Gasteiger partial charge in [-0.1, -0.05) is 31.7 Å². The molecule has 7 heteroatoms. The van der Waals surface area contributed by atoms with Crippen LogP contribution in [0, 0.1) is 0 Å². The summed E-state index contributed by atoms with van der Waals surface area (Å²) in [6, 6.07) is 5.55. The van der Waals surface area contributed by atoms with Gasteiger partial charge in [0.25, 0.3) is 0 Å². The number of benzene rings is 1. The zero-order chi connectivity index (χ0) is 20.6. The van der Waals surface area contributed by atoms with Gasteiger partial charge in [-0.15, -0.1) is 0 Å². The Morgan fingerprint density at radius 1 is 1.14 bits per heavy atom. The highest BCUT2D eigenvalue weighted by Gasteiger charge is 2.32. The summed E-state index contributed by atoms with van der Waals surface area (Å²) in [5.74, 6) is 1.23. The molecule has 0 bridgehead atoms. The topological polar surface area (TPSA) is 79.9 Å². The van der Waals surface area contributed by atoms with Crippen molar-refractivity contribution < 1.29 is 19.1 Å². The molecular formula is C22H33N3O4. The van der Waals surface area contributed by atoms with E-state index in [2.05, 4.69) is 15.5 Å². The Labute approximate surface area is 173 Å². The lowest BCUT2D eigenvalue weighted by atomic mass is 10.0. The maximum absolute atomic E-state index is 12.7. The molecule has 1 heterocycles. The summed E-state index contributed by atoms with van der Waals surface area (Å²) in [5.41, 5.74) is 1.02. The Hall–Kier alpha value is -2.28. The molecule has 0 spiro atoms. The second-order valence-electron chi connectivity index (χ2n) is 7.93. The van der Waals surface area contributed by atoms with E-state index in [9.17, 15) is 9.59 Å². The van der Waals surface area contributed by atoms with Crippen LogP contribution in [-0.4, -0.2) is 56.1 Å². The number of ether oxygens (including phenoxy) is 2. The Kier molecular flexibility index (Phi) is 7.75. The molecule has 0 aromatic heterocycles. The number of hydrogen-bond donors (Lipinski definition) is 2. The highest BCUT2D eigenvalue weighted by molar-refractivity contribution is 5.88. The van der Waals surface area contributed by atoms with Gasteiger partial charge in [0.05, 0.1) is 26.7 Å². The van der Waals surface area contributed by atoms with Crippen molar-refractivity contribution in [2.75, 3.05) is 27.3 Å². The molecule has 2 aliphatic rings. The third-order valence-electron chi connectivity index (χ3n) is 5.87. The number of nitrogens with one attached hydrogen (secondary N) is 2. The van der Waals surface area contributed by atoms with E-state index >= 15 is 0 Å². The van der Waals surface area contributed by atoms with Crippen molar-refractivity contribution in [2.45, 2.75) is 63.6 Å². The first-order valence-electron chi connectivity index (χ1n) is 10.6. The first-order chi connectivity index (χ1) is 14.1. The number of nitrogens with zero attached hydrogens (tertiary/aromatic N) is 1. The van der Waals surface area contributed by atoms with Crippen LogP contribution in [0.3, 0.4) is 0 Å². The van der Waals surface area contributed by atoms with Gasteiger partial charge < -0.3 is 20.1 Å². The van der Waals surface area contributed by atoms with Crippen LogP contribution in [-0.2, 0) is 16.1 Å². The summed E-state index contributed by atoms with van der Waals surface area (Å²) >= 11 is 0. The van der Waals surface area contributed by atoms with Crippen LogP contribution in [0.2, 0.25) is 0 Å². The van der Waals surface area contributed by atoms with Crippen LogP contribution in [0.1, 0.15) is 50.5 Å². The third-order valence-corrected chi connectivity index (χ3v) is 5.87. The van der Waals surface area contributed by atoms with Crippen molar-refractivity contribution in [3.63, 3.8) is 0 Å². The van der Waals surface area contributed by atoms with Crippen LogP contribution >= 0.6 is 0 Å². The summed E-state index contributed by atoms with van der Waals surface area (Å²) in [7, 11) is 3.21. The van der Waals surface area contributed by atoms with E-state index in [0.29, 0.717) is 31.1 Å². The Morgan fingerprint density at radius 2 is 1.86 bits per heavy atom. The second kappa shape index (κ2) is 10.5. The van der Waals surface area contributed by atoms with E-state index in [1.165, 1.54) is 25.7 Å². The minimum absolute atomic E-state index is 0.0312. The van der Waals surface area contributed by atoms with Crippen molar-refractivity contribution in [3.05, 3.63) is 23.8 Å². The molecule has 1 aromatic rings. The standard InChI is InChI=1S/C22H33N3O4/c1-28-19-10-9-16(13-20(19)29-2)15-25-12-11-23-22(27)18(25)14-21(26)24-17-7-5-3-4-6-8-17/h9-10,13,17-18H,3-8,11-12,14-15H2,1-2H3,(H,23,27)(H,24,26). The number of methoxy groups -OCH3 is 2. The first kappa shape index (κ1) is 21.4. The summed E-state index contributed by atoms with van der Waals surface area (Å²) in [6.07, 6.45) is 7.10. The van der Waals surface area contributed by atoms with Crippen LogP contribution in [0.5, 0.6) is 11.5 Å². The molecule has 1 unspecified atom stereocenters. The van der Waals surface area contributed by atoms with Gasteiger partial charge in [0, 0.05) is 25.7 Å². The quantitative estimate of drug-likeness (QED) is 0.683. The van der Waals surface area contributed by atoms with Crippen LogP contribution in [0.25, 0.3) is 0 Å². The number of carbonyl (C=O) groups is 2. The minimum Gasteiger partial charge on any atom is -0.493 e. The number of piperazine rings is 1. The molecule has 7 nitrogen and oxygen atoms in total. The lowest BCUT2D eigenvalue weighted by Crippen LogP contribution is -2.56. The van der Waals surface area contributed by atoms with Crippen LogP contribution < -0.4 is 20.1 Å². The normalized spacial score (nSPS) is 21.2. The SMILES string of the molecule is COc1ccc(CN2CCNC(=O)C2CC(=O)NC2CCCCCC2)cc1OC. The third kappa shape index (κ3) is 5.85. The van der Waals surface area contributed by atoms with E-state index in [-0.39, 0.29) is 24.3 Å². The predicted octanol–water partition coefficient (Wildman–Crippen LogP) is 2.23. The molecule has 1 aromatic carbocycles. The van der Waals surface area contributed by atoms with Gasteiger partial charge in [0.2, 0.25) is 11.8 Å². The molecule has 1 aliphatic heterocycles. The van der Waals surface area contributed by atoms with Crippen LogP contribution in [0.15, 0.2) is 18.2 Å². The lowest BCUT2D eigenvalue weighted by molar-refractivity contribution is -0.134. The first-order valence-corrected chi connectivity index (χ1v) is 10.6. The molecule has 160 valence electrons. The van der Waals surface area contributed by atoms with Crippen molar-refractivity contribution in [1.82, 2.24) is 15.5 Å². The summed E-state index contributed by atoms with van der Waals surface area (Å²) in [5, 5.41) is 6.06. The van der Waals surface area contributed by atoms with Gasteiger partial charge in [-0.3, -0.25) is 14.5 Å². The largest absolute Gasteiger partial charge is 0.493 e. The highest BCUT2D eigenvalue weighted by atomic mass is 16.5. The molecule has 0 radical (unpaired) electrons. The van der Waals surface area contributed by atoms with E-state index < -0.39 is 6.04 Å². The minimum atomic E-state index is -0.456. The number of hydrogen-bond acceptors (Lipinski definition) is 5. The van der Waals surface area contributed by atoms with Crippen molar-refractivity contribution in [3.8, 4) is 11.5 Å². The average molecular weight is 404 g/mol. The Morgan fingerprint density at radius 3 is 2.55 bits per heavy atom. The van der Waals surface area contributed by atoms with Crippen molar-refractivity contribution in [1.29, 1.82) is 0 Å². The predicted molar refractivity (Wildman–Crippen MR) is 111 cm³/mol. The summed E-state index contributed by atoms with van der Waals surface area (Å²) < 4.78 is 10.7. The smallest absolute Gasteiger partial charge is 0.237 e. The maximum Gasteiger partial charge on any atom is 0.237 e. The van der Waals surface area contributed by atoms with E-state index in [4.69, 9.17) is 9.47 Å². The van der Waals surface area contributed by atoms with Crippen molar-refractivity contribution in [2.24, 2.45) is 0 Å².